The molecule has 0 spiro atoms. The second kappa shape index (κ2) is 19.8. The number of carboxylic acids is 1. The summed E-state index contributed by atoms with van der Waals surface area (Å²) >= 11 is 6.78. The second-order valence-corrected chi connectivity index (χ2v) is 14.3. The molecule has 0 bridgehead atoms. The van der Waals surface area contributed by atoms with Gasteiger partial charge in [0.2, 0.25) is 0 Å². The maximum atomic E-state index is 12.1. The number of hydrogen-bond donors (Lipinski definition) is 5. The molecule has 0 unspecified atom stereocenters. The van der Waals surface area contributed by atoms with Crippen LogP contribution in [-0.4, -0.2) is 72.3 Å². The number of nitrogens with one attached hydrogen (secondary N) is 3. The summed E-state index contributed by atoms with van der Waals surface area (Å²) in [5, 5.41) is 37.7. The third-order valence-electron chi connectivity index (χ3n) is 9.85. The van der Waals surface area contributed by atoms with E-state index in [4.69, 9.17) is 30.9 Å². The Balaban J connectivity index is 1.24. The number of carboxylic acid groups (broad SMARTS) is 1. The average molecular weight is 817 g/mol. The van der Waals surface area contributed by atoms with Gasteiger partial charge in [-0.15, -0.1) is 0 Å². The molecule has 1 amide bonds. The Morgan fingerprint density at radius 1 is 0.898 bits per heavy atom. The second-order valence-electron chi connectivity index (χ2n) is 13.9. The summed E-state index contributed by atoms with van der Waals surface area (Å²) in [5.74, 6) is 0.821. The summed E-state index contributed by atoms with van der Waals surface area (Å²) in [7, 11) is 1.57. The van der Waals surface area contributed by atoms with Crippen LogP contribution >= 0.6 is 11.6 Å². The Kier molecular flexibility index (Phi) is 14.1. The molecule has 0 saturated heterocycles. The smallest absolute Gasteiger partial charge is 0.306 e. The molecule has 1 aliphatic heterocycles. The molecule has 0 fully saturated rings. The number of amides is 1. The van der Waals surface area contributed by atoms with E-state index < -0.39 is 18.5 Å². The van der Waals surface area contributed by atoms with Crippen LogP contribution in [0.3, 0.4) is 0 Å². The lowest BCUT2D eigenvalue weighted by Crippen LogP contribution is -2.28. The minimum Gasteiger partial charge on any atom is -0.488 e. The quantitative estimate of drug-likeness (QED) is 0.0687. The Morgan fingerprint density at radius 2 is 1.66 bits per heavy atom. The van der Waals surface area contributed by atoms with Crippen LogP contribution in [0.2, 0.25) is 5.02 Å². The number of aliphatic imine (C=N–C) groups is 1. The number of carbonyl (C=O) groups excluding carboxylic acids is 1. The molecular formula is C45H45ClN6O7. The maximum Gasteiger partial charge on any atom is 0.306 e. The van der Waals surface area contributed by atoms with E-state index >= 15 is 0 Å². The van der Waals surface area contributed by atoms with Gasteiger partial charge in [0.1, 0.15) is 42.4 Å². The first-order chi connectivity index (χ1) is 28.5. The number of aromatic nitrogens is 1. The standard InChI is InChI=1S/C45H45ClN6O7/c1-27-32(25-58-42-18-40(57-24-30-14-29(19-47)20-49-21-30)33(15-39(42)46)22-50-23-34(53)17-44(55)56)6-4-8-36(27)37-9-5-7-35(28(37)2)31-10-11-38(45-51-12-13-52-45)41(16-31)59-26-43(54)48-3/h4-11,14-16,18,20-21,34,50,53H,12-13,17,22-26H2,1-3H3,(H,48,54)(H,51,52)(H,55,56)/t34-/m0/s1. The first-order valence-electron chi connectivity index (χ1n) is 19.0. The van der Waals surface area contributed by atoms with E-state index in [1.807, 2.05) is 36.4 Å². The SMILES string of the molecule is CNC(=O)COc1cc(-c2cccc(-c3cccc(COc4cc(OCc5cncc(C#N)c5)c(CNC[C@@H](O)CC(=O)O)cc4Cl)c3C)c2C)ccc1C1=NCCN1. The highest BCUT2D eigenvalue weighted by atomic mass is 35.5. The van der Waals surface area contributed by atoms with Crippen molar-refractivity contribution in [3.05, 3.63) is 129 Å². The summed E-state index contributed by atoms with van der Waals surface area (Å²) < 4.78 is 18.6. The lowest BCUT2D eigenvalue weighted by molar-refractivity contribution is -0.139. The highest BCUT2D eigenvalue weighted by Crippen LogP contribution is 2.38. The Bertz CT molecular complexity index is 2410. The first kappa shape index (κ1) is 42.2. The molecule has 1 aromatic heterocycles. The number of benzene rings is 4. The fraction of sp³-hybridized carbons (Fsp3) is 0.267. The van der Waals surface area contributed by atoms with E-state index in [1.165, 1.54) is 6.20 Å². The molecule has 0 saturated carbocycles. The van der Waals surface area contributed by atoms with E-state index in [2.05, 4.69) is 64.0 Å². The molecule has 1 atom stereocenters. The molecule has 0 aliphatic carbocycles. The number of nitriles is 1. The Hall–Kier alpha value is -6.46. The topological polar surface area (TPSA) is 187 Å². The number of ether oxygens (including phenoxy) is 3. The van der Waals surface area contributed by atoms with E-state index in [1.54, 1.807) is 31.4 Å². The number of rotatable bonds is 18. The maximum absolute atomic E-state index is 12.1. The summed E-state index contributed by atoms with van der Waals surface area (Å²) in [6, 6.07) is 25.4. The third-order valence-corrected chi connectivity index (χ3v) is 10.1. The molecule has 14 heteroatoms. The molecule has 6 rings (SSSR count). The van der Waals surface area contributed by atoms with Gasteiger partial charge in [-0.2, -0.15) is 5.26 Å². The van der Waals surface area contributed by atoms with E-state index in [0.29, 0.717) is 45.5 Å². The summed E-state index contributed by atoms with van der Waals surface area (Å²) in [5.41, 5.74) is 9.63. The third kappa shape index (κ3) is 10.7. The van der Waals surface area contributed by atoms with Crippen molar-refractivity contribution < 1.29 is 34.0 Å². The van der Waals surface area contributed by atoms with Crippen LogP contribution in [0.1, 0.15) is 45.4 Å². The number of carbonyl (C=O) groups is 2. The van der Waals surface area contributed by atoms with Crippen molar-refractivity contribution >= 4 is 29.3 Å². The van der Waals surface area contributed by atoms with Crippen molar-refractivity contribution in [3.63, 3.8) is 0 Å². The van der Waals surface area contributed by atoms with Gasteiger partial charge in [-0.25, -0.2) is 0 Å². The van der Waals surface area contributed by atoms with Gasteiger partial charge in [0, 0.05) is 56.3 Å². The fourth-order valence-electron chi connectivity index (χ4n) is 6.72. The van der Waals surface area contributed by atoms with Crippen molar-refractivity contribution in [3.8, 4) is 45.6 Å². The van der Waals surface area contributed by atoms with Gasteiger partial charge >= 0.3 is 5.97 Å². The zero-order chi connectivity index (χ0) is 41.9. The number of likely N-dealkylation sites (N-methyl/N-ethyl adjacent to an activating group) is 1. The number of hydrogen-bond acceptors (Lipinski definition) is 11. The molecule has 304 valence electrons. The van der Waals surface area contributed by atoms with Crippen molar-refractivity contribution in [2.75, 3.05) is 33.3 Å². The molecule has 2 heterocycles. The van der Waals surface area contributed by atoms with Gasteiger partial charge in [0.15, 0.2) is 6.61 Å². The van der Waals surface area contributed by atoms with Crippen molar-refractivity contribution in [2.24, 2.45) is 4.99 Å². The van der Waals surface area contributed by atoms with Crippen LogP contribution in [0.5, 0.6) is 17.2 Å². The summed E-state index contributed by atoms with van der Waals surface area (Å²) in [4.78, 5) is 31.8. The average Bonchev–Trinajstić information content (AvgIpc) is 3.77. The number of nitrogens with zero attached hydrogens (tertiary/aromatic N) is 3. The number of aliphatic hydroxyl groups is 1. The number of halogens is 1. The van der Waals surface area contributed by atoms with Crippen LogP contribution < -0.4 is 30.2 Å². The van der Waals surface area contributed by atoms with Gasteiger partial charge in [-0.3, -0.25) is 19.6 Å². The fourth-order valence-corrected chi connectivity index (χ4v) is 6.96. The van der Waals surface area contributed by atoms with E-state index in [0.717, 1.165) is 56.9 Å². The van der Waals surface area contributed by atoms with Crippen molar-refractivity contribution in [1.82, 2.24) is 20.9 Å². The monoisotopic (exact) mass is 816 g/mol. The number of aliphatic hydroxyl groups excluding tert-OH is 1. The van der Waals surface area contributed by atoms with Crippen LogP contribution in [0.25, 0.3) is 22.3 Å². The number of pyridine rings is 1. The molecule has 5 aromatic rings. The van der Waals surface area contributed by atoms with Gasteiger partial charge in [-0.1, -0.05) is 54.1 Å². The van der Waals surface area contributed by atoms with Gasteiger partial charge in [0.25, 0.3) is 5.91 Å². The molecule has 5 N–H and O–H groups in total. The molecule has 0 radical (unpaired) electrons. The zero-order valence-electron chi connectivity index (χ0n) is 33.0. The Morgan fingerprint density at radius 3 is 2.41 bits per heavy atom. The summed E-state index contributed by atoms with van der Waals surface area (Å²) in [6.07, 6.45) is 1.62. The largest absolute Gasteiger partial charge is 0.488 e. The highest BCUT2D eigenvalue weighted by Gasteiger charge is 2.19. The lowest BCUT2D eigenvalue weighted by atomic mass is 9.89. The predicted molar refractivity (Wildman–Crippen MR) is 225 cm³/mol. The molecule has 1 aliphatic rings. The van der Waals surface area contributed by atoms with Crippen LogP contribution in [-0.2, 0) is 29.3 Å². The van der Waals surface area contributed by atoms with Crippen molar-refractivity contribution in [2.45, 2.75) is 46.1 Å². The normalized spacial score (nSPS) is 12.5. The number of aliphatic carboxylic acids is 1. The van der Waals surface area contributed by atoms with E-state index in [9.17, 15) is 20.0 Å². The first-order valence-corrected chi connectivity index (χ1v) is 19.4. The Labute approximate surface area is 347 Å². The minimum absolute atomic E-state index is 0.0441. The predicted octanol–water partition coefficient (Wildman–Crippen LogP) is 6.12. The minimum atomic E-state index is -1.10. The van der Waals surface area contributed by atoms with Gasteiger partial charge in [-0.05, 0) is 77.1 Å². The van der Waals surface area contributed by atoms with Crippen LogP contribution in [0.4, 0.5) is 0 Å². The highest BCUT2D eigenvalue weighted by molar-refractivity contribution is 6.32. The number of amidine groups is 1. The summed E-state index contributed by atoms with van der Waals surface area (Å²) in [6.45, 7) is 6.03. The van der Waals surface area contributed by atoms with Gasteiger partial charge in [0.05, 0.1) is 35.2 Å². The van der Waals surface area contributed by atoms with E-state index in [-0.39, 0.29) is 38.8 Å². The molecular weight excluding hydrogens is 772 g/mol. The van der Waals surface area contributed by atoms with Crippen LogP contribution in [0.15, 0.2) is 90.2 Å². The van der Waals surface area contributed by atoms with Crippen LogP contribution in [0, 0.1) is 25.2 Å². The van der Waals surface area contributed by atoms with Gasteiger partial charge < -0.3 is 40.4 Å². The van der Waals surface area contributed by atoms with Crippen molar-refractivity contribution in [1.29, 1.82) is 5.26 Å². The lowest BCUT2D eigenvalue weighted by Gasteiger charge is -2.19. The molecule has 59 heavy (non-hydrogen) atoms. The zero-order valence-corrected chi connectivity index (χ0v) is 33.7. The molecule has 4 aromatic carbocycles. The molecule has 13 nitrogen and oxygen atoms in total.